The lowest BCUT2D eigenvalue weighted by atomic mass is 9.71. The molecule has 2 aromatic heterocycles. The summed E-state index contributed by atoms with van der Waals surface area (Å²) in [4.78, 5) is 35.3. The van der Waals surface area contributed by atoms with Crippen molar-refractivity contribution in [3.8, 4) is 0 Å². The molecular weight excluding hydrogens is 559 g/mol. The van der Waals surface area contributed by atoms with Crippen molar-refractivity contribution in [2.24, 2.45) is 7.05 Å². The van der Waals surface area contributed by atoms with Crippen LogP contribution >= 0.6 is 11.6 Å². The van der Waals surface area contributed by atoms with E-state index in [1.54, 1.807) is 11.8 Å². The van der Waals surface area contributed by atoms with E-state index in [-0.39, 0.29) is 51.8 Å². The summed E-state index contributed by atoms with van der Waals surface area (Å²) in [5.74, 6) is -3.39. The number of carbonyl (C=O) groups is 2. The lowest BCUT2D eigenvalue weighted by molar-refractivity contribution is -0.136. The van der Waals surface area contributed by atoms with Crippen molar-refractivity contribution in [1.29, 1.82) is 0 Å². The third-order valence-electron chi connectivity index (χ3n) is 8.22. The van der Waals surface area contributed by atoms with Gasteiger partial charge in [-0.15, -0.1) is 0 Å². The summed E-state index contributed by atoms with van der Waals surface area (Å²) in [6, 6.07) is 4.13. The topological polar surface area (TPSA) is 86.6 Å². The van der Waals surface area contributed by atoms with Gasteiger partial charge in [0.2, 0.25) is 5.91 Å². The fraction of sp³-hybridized carbons (Fsp3) is 0.429. The number of benzene rings is 1. The number of hydrogen-bond donors (Lipinski definition) is 1. The number of aromatic nitrogens is 3. The van der Waals surface area contributed by atoms with Gasteiger partial charge in [-0.2, -0.15) is 5.10 Å². The number of nitrogens with one attached hydrogen (secondary N) is 1. The van der Waals surface area contributed by atoms with Crippen LogP contribution in [0.2, 0.25) is 5.02 Å². The highest BCUT2D eigenvalue weighted by Crippen LogP contribution is 2.45. The van der Waals surface area contributed by atoms with E-state index < -0.39 is 28.8 Å². The van der Waals surface area contributed by atoms with Gasteiger partial charge in [-0.05, 0) is 38.9 Å². The molecule has 0 radical (unpaired) electrons. The van der Waals surface area contributed by atoms with Crippen molar-refractivity contribution in [3.63, 3.8) is 0 Å². The summed E-state index contributed by atoms with van der Waals surface area (Å²) >= 11 is 6.11. The average molecular weight is 588 g/mol. The van der Waals surface area contributed by atoms with E-state index in [0.29, 0.717) is 19.6 Å². The van der Waals surface area contributed by atoms with Gasteiger partial charge in [-0.1, -0.05) is 23.7 Å². The fourth-order valence-corrected chi connectivity index (χ4v) is 6.23. The molecule has 216 valence electrons. The SMILES string of the molecule is Cn1cc(F)c(N2C[C@](C)(c3cccc(Cl)c3F)c3c(cnc(NC4CN(C(=O)CN5CCCC5)C4)c3F)C2=O)n1. The van der Waals surface area contributed by atoms with Gasteiger partial charge in [0.1, 0.15) is 5.82 Å². The third kappa shape index (κ3) is 4.72. The van der Waals surface area contributed by atoms with Crippen molar-refractivity contribution in [3.05, 3.63) is 69.8 Å². The Kier molecular flexibility index (Phi) is 6.93. The summed E-state index contributed by atoms with van der Waals surface area (Å²) in [7, 11) is 1.51. The van der Waals surface area contributed by atoms with Gasteiger partial charge < -0.3 is 10.2 Å². The zero-order valence-corrected chi connectivity index (χ0v) is 23.4. The molecule has 0 unspecified atom stereocenters. The molecule has 0 spiro atoms. The molecule has 2 saturated heterocycles. The second kappa shape index (κ2) is 10.3. The van der Waals surface area contributed by atoms with E-state index in [1.165, 1.54) is 36.1 Å². The maximum Gasteiger partial charge on any atom is 0.261 e. The quantitative estimate of drug-likeness (QED) is 0.475. The van der Waals surface area contributed by atoms with E-state index in [4.69, 9.17) is 11.6 Å². The van der Waals surface area contributed by atoms with E-state index in [1.807, 2.05) is 0 Å². The predicted octanol–water partition coefficient (Wildman–Crippen LogP) is 3.57. The monoisotopic (exact) mass is 587 g/mol. The Balaban J connectivity index is 1.33. The molecule has 9 nitrogen and oxygen atoms in total. The van der Waals surface area contributed by atoms with E-state index in [0.717, 1.165) is 37.0 Å². The van der Waals surface area contributed by atoms with Crippen LogP contribution in [0.4, 0.5) is 24.8 Å². The Morgan fingerprint density at radius 2 is 1.90 bits per heavy atom. The van der Waals surface area contributed by atoms with Crippen LogP contribution < -0.4 is 10.2 Å². The number of aryl methyl sites for hydroxylation is 1. The Labute approximate surface area is 239 Å². The molecule has 0 bridgehead atoms. The van der Waals surface area contributed by atoms with Crippen LogP contribution in [0, 0.1) is 17.5 Å². The highest BCUT2D eigenvalue weighted by molar-refractivity contribution is 6.30. The van der Waals surface area contributed by atoms with Crippen LogP contribution in [0.5, 0.6) is 0 Å². The van der Waals surface area contributed by atoms with Gasteiger partial charge in [0.25, 0.3) is 5.91 Å². The number of carbonyl (C=O) groups excluding carboxylic acids is 2. The van der Waals surface area contributed by atoms with Crippen LogP contribution in [0.25, 0.3) is 0 Å². The number of fused-ring (bicyclic) bond motifs is 1. The van der Waals surface area contributed by atoms with E-state index in [9.17, 15) is 14.0 Å². The maximum absolute atomic E-state index is 16.4. The summed E-state index contributed by atoms with van der Waals surface area (Å²) in [5, 5.41) is 6.95. The molecule has 6 rings (SSSR count). The number of anilines is 2. The van der Waals surface area contributed by atoms with Gasteiger partial charge in [0.15, 0.2) is 23.3 Å². The second-order valence-corrected chi connectivity index (χ2v) is 11.5. The molecule has 3 aromatic rings. The summed E-state index contributed by atoms with van der Waals surface area (Å²) in [5.41, 5.74) is -1.65. The highest BCUT2D eigenvalue weighted by atomic mass is 35.5. The fourth-order valence-electron chi connectivity index (χ4n) is 6.05. The summed E-state index contributed by atoms with van der Waals surface area (Å²) < 4.78 is 47.8. The minimum absolute atomic E-state index is 0.0280. The van der Waals surface area contributed by atoms with Crippen molar-refractivity contribution < 1.29 is 22.8 Å². The van der Waals surface area contributed by atoms with Gasteiger partial charge in [0, 0.05) is 49.4 Å². The van der Waals surface area contributed by atoms with Crippen molar-refractivity contribution >= 4 is 35.1 Å². The number of likely N-dealkylation sites (tertiary alicyclic amines) is 2. The molecule has 13 heteroatoms. The normalized spacial score (nSPS) is 21.3. The molecule has 41 heavy (non-hydrogen) atoms. The summed E-state index contributed by atoms with van der Waals surface area (Å²) in [6.07, 6.45) is 4.51. The zero-order chi connectivity index (χ0) is 29.1. The largest absolute Gasteiger partial charge is 0.361 e. The van der Waals surface area contributed by atoms with Crippen LogP contribution in [0.1, 0.15) is 41.3 Å². The molecule has 3 aliphatic rings. The van der Waals surface area contributed by atoms with Crippen LogP contribution in [0.3, 0.4) is 0 Å². The van der Waals surface area contributed by atoms with Gasteiger partial charge in [-0.25, -0.2) is 18.2 Å². The first-order valence-corrected chi connectivity index (χ1v) is 13.9. The minimum atomic E-state index is -1.48. The van der Waals surface area contributed by atoms with Gasteiger partial charge >= 0.3 is 0 Å². The minimum Gasteiger partial charge on any atom is -0.361 e. The van der Waals surface area contributed by atoms with Crippen molar-refractivity contribution in [2.75, 3.05) is 49.5 Å². The second-order valence-electron chi connectivity index (χ2n) is 11.1. The number of rotatable bonds is 6. The van der Waals surface area contributed by atoms with Crippen molar-refractivity contribution in [2.45, 2.75) is 31.2 Å². The standard InChI is InChI=1S/C28H29ClF3N7O2/c1-28(18-6-5-7-19(29)23(18)31)15-39(26-20(30)13-36(2)35-26)27(41)17-10-33-25(24(32)22(17)28)34-16-11-38(12-16)21(40)14-37-8-3-4-9-37/h5-7,10,13,16H,3-4,8-9,11-12,14-15H2,1-2H3,(H,33,34)/t28-/m1/s1. The molecule has 0 saturated carbocycles. The smallest absolute Gasteiger partial charge is 0.261 e. The van der Waals surface area contributed by atoms with Crippen molar-refractivity contribution in [1.82, 2.24) is 24.6 Å². The lowest BCUT2D eigenvalue weighted by Crippen LogP contribution is -2.59. The first kappa shape index (κ1) is 27.5. The highest BCUT2D eigenvalue weighted by Gasteiger charge is 2.47. The Hall–Kier alpha value is -3.64. The van der Waals surface area contributed by atoms with Gasteiger partial charge in [-0.3, -0.25) is 24.1 Å². The number of halogens is 4. The molecule has 2 fully saturated rings. The number of amides is 2. The van der Waals surface area contributed by atoms with Crippen LogP contribution in [-0.2, 0) is 17.3 Å². The molecule has 3 aliphatic heterocycles. The first-order chi connectivity index (χ1) is 19.6. The molecule has 1 N–H and O–H groups in total. The van der Waals surface area contributed by atoms with Crippen LogP contribution in [0.15, 0.2) is 30.6 Å². The Bertz CT molecular complexity index is 1540. The number of hydrogen-bond acceptors (Lipinski definition) is 6. The number of nitrogens with zero attached hydrogens (tertiary/aromatic N) is 6. The third-order valence-corrected chi connectivity index (χ3v) is 8.51. The molecule has 1 aromatic carbocycles. The van der Waals surface area contributed by atoms with E-state index in [2.05, 4.69) is 20.3 Å². The van der Waals surface area contributed by atoms with Crippen LogP contribution in [-0.4, -0.2) is 81.7 Å². The Morgan fingerprint density at radius 1 is 1.17 bits per heavy atom. The maximum atomic E-state index is 16.4. The number of pyridine rings is 1. The first-order valence-electron chi connectivity index (χ1n) is 13.5. The molecular formula is C28H29ClF3N7O2. The predicted molar refractivity (Wildman–Crippen MR) is 147 cm³/mol. The lowest BCUT2D eigenvalue weighted by Gasteiger charge is -2.42. The molecule has 1 atom stereocenters. The van der Waals surface area contributed by atoms with E-state index >= 15 is 8.78 Å². The summed E-state index contributed by atoms with van der Waals surface area (Å²) in [6.45, 7) is 4.26. The van der Waals surface area contributed by atoms with Gasteiger partial charge in [0.05, 0.1) is 29.4 Å². The molecule has 5 heterocycles. The molecule has 2 amide bonds. The zero-order valence-electron chi connectivity index (χ0n) is 22.6. The molecule has 0 aliphatic carbocycles. The Morgan fingerprint density at radius 3 is 2.59 bits per heavy atom. The average Bonchev–Trinajstić information content (AvgIpc) is 3.54.